The Morgan fingerprint density at radius 3 is 2.65 bits per heavy atom. The summed E-state index contributed by atoms with van der Waals surface area (Å²) in [7, 11) is 1.70. The standard InChI is InChI=1S/C16H19BrN2O/c1-20-16-5-3-2-4-13(16)8-12(10-18)9-15-7-6-14(17)11-19-15/h2-7,11-12H,8-10,18H2,1H3. The molecule has 0 radical (unpaired) electrons. The Kier molecular flexibility index (Phi) is 5.56. The number of ether oxygens (including phenoxy) is 1. The van der Waals surface area contributed by atoms with Gasteiger partial charge in [-0.15, -0.1) is 0 Å². The van der Waals surface area contributed by atoms with Crippen molar-refractivity contribution in [2.24, 2.45) is 11.7 Å². The van der Waals surface area contributed by atoms with E-state index < -0.39 is 0 Å². The lowest BCUT2D eigenvalue weighted by molar-refractivity contribution is 0.403. The first-order chi connectivity index (χ1) is 9.72. The van der Waals surface area contributed by atoms with Crippen LogP contribution in [0.25, 0.3) is 0 Å². The van der Waals surface area contributed by atoms with Gasteiger partial charge in [0.2, 0.25) is 0 Å². The van der Waals surface area contributed by atoms with Crippen LogP contribution in [0.15, 0.2) is 47.1 Å². The maximum absolute atomic E-state index is 5.91. The number of hydrogen-bond acceptors (Lipinski definition) is 3. The number of nitrogens with zero attached hydrogens (tertiary/aromatic N) is 1. The molecule has 0 saturated carbocycles. The number of halogens is 1. The van der Waals surface area contributed by atoms with Gasteiger partial charge in [-0.05, 0) is 65.0 Å². The van der Waals surface area contributed by atoms with Gasteiger partial charge in [-0.2, -0.15) is 0 Å². The molecule has 0 saturated heterocycles. The Labute approximate surface area is 128 Å². The summed E-state index contributed by atoms with van der Waals surface area (Å²) in [5, 5.41) is 0. The van der Waals surface area contributed by atoms with Crippen molar-refractivity contribution in [3.8, 4) is 5.75 Å². The fourth-order valence-electron chi connectivity index (χ4n) is 2.24. The average Bonchev–Trinajstić information content (AvgIpc) is 2.49. The Balaban J connectivity index is 2.07. The fourth-order valence-corrected chi connectivity index (χ4v) is 2.48. The Bertz CT molecular complexity index is 542. The number of pyridine rings is 1. The van der Waals surface area contributed by atoms with Crippen molar-refractivity contribution in [3.05, 3.63) is 58.3 Å². The van der Waals surface area contributed by atoms with E-state index in [4.69, 9.17) is 10.5 Å². The maximum Gasteiger partial charge on any atom is 0.122 e. The second kappa shape index (κ2) is 7.41. The number of benzene rings is 1. The molecule has 1 heterocycles. The zero-order valence-corrected chi connectivity index (χ0v) is 13.1. The molecule has 2 N–H and O–H groups in total. The molecule has 1 atom stereocenters. The average molecular weight is 335 g/mol. The summed E-state index contributed by atoms with van der Waals surface area (Å²) in [5.74, 6) is 1.29. The van der Waals surface area contributed by atoms with Gasteiger partial charge < -0.3 is 10.5 Å². The minimum absolute atomic E-state index is 0.361. The zero-order valence-electron chi connectivity index (χ0n) is 11.6. The molecule has 0 bridgehead atoms. The van der Waals surface area contributed by atoms with Crippen LogP contribution in [0.1, 0.15) is 11.3 Å². The highest BCUT2D eigenvalue weighted by atomic mass is 79.9. The van der Waals surface area contributed by atoms with Crippen LogP contribution in [0.4, 0.5) is 0 Å². The molecule has 0 spiro atoms. The predicted octanol–water partition coefficient (Wildman–Crippen LogP) is 3.21. The summed E-state index contributed by atoms with van der Waals surface area (Å²) in [5.41, 5.74) is 8.18. The molecular weight excluding hydrogens is 316 g/mol. The van der Waals surface area contributed by atoms with Crippen LogP contribution >= 0.6 is 15.9 Å². The van der Waals surface area contributed by atoms with E-state index in [9.17, 15) is 0 Å². The van der Waals surface area contributed by atoms with Gasteiger partial charge >= 0.3 is 0 Å². The van der Waals surface area contributed by atoms with Crippen molar-refractivity contribution in [1.29, 1.82) is 0 Å². The Hall–Kier alpha value is -1.39. The van der Waals surface area contributed by atoms with E-state index in [0.717, 1.165) is 28.8 Å². The lowest BCUT2D eigenvalue weighted by Crippen LogP contribution is -2.20. The number of rotatable bonds is 6. The van der Waals surface area contributed by atoms with Gasteiger partial charge in [0.25, 0.3) is 0 Å². The molecule has 3 nitrogen and oxygen atoms in total. The molecule has 1 aromatic heterocycles. The molecule has 4 heteroatoms. The van der Waals surface area contributed by atoms with Gasteiger partial charge in [0.1, 0.15) is 5.75 Å². The van der Waals surface area contributed by atoms with Gasteiger partial charge in [0, 0.05) is 16.4 Å². The summed E-state index contributed by atoms with van der Waals surface area (Å²) >= 11 is 3.40. The Morgan fingerprint density at radius 1 is 1.20 bits per heavy atom. The molecule has 0 aliphatic rings. The molecule has 0 fully saturated rings. The van der Waals surface area contributed by atoms with E-state index in [-0.39, 0.29) is 0 Å². The topological polar surface area (TPSA) is 48.1 Å². The summed E-state index contributed by atoms with van der Waals surface area (Å²) in [6.07, 6.45) is 3.60. The van der Waals surface area contributed by atoms with Gasteiger partial charge in [-0.3, -0.25) is 4.98 Å². The smallest absolute Gasteiger partial charge is 0.122 e. The molecule has 106 valence electrons. The maximum atomic E-state index is 5.91. The molecule has 20 heavy (non-hydrogen) atoms. The van der Waals surface area contributed by atoms with Crippen LogP contribution < -0.4 is 10.5 Å². The van der Waals surface area contributed by atoms with Gasteiger partial charge in [0.15, 0.2) is 0 Å². The van der Waals surface area contributed by atoms with Crippen molar-refractivity contribution in [2.75, 3.05) is 13.7 Å². The second-order valence-corrected chi connectivity index (χ2v) is 5.71. The largest absolute Gasteiger partial charge is 0.496 e. The molecule has 0 amide bonds. The number of hydrogen-bond donors (Lipinski definition) is 1. The number of nitrogens with two attached hydrogens (primary N) is 1. The summed E-state index contributed by atoms with van der Waals surface area (Å²) in [4.78, 5) is 4.42. The quantitative estimate of drug-likeness (QED) is 0.882. The van der Waals surface area contributed by atoms with Crippen LogP contribution in [0.5, 0.6) is 5.75 Å². The van der Waals surface area contributed by atoms with Crippen LogP contribution in [0, 0.1) is 5.92 Å². The third-order valence-electron chi connectivity index (χ3n) is 3.32. The molecule has 0 aliphatic heterocycles. The highest BCUT2D eigenvalue weighted by Gasteiger charge is 2.12. The summed E-state index contributed by atoms with van der Waals surface area (Å²) in [6, 6.07) is 12.1. The van der Waals surface area contributed by atoms with Crippen molar-refractivity contribution in [1.82, 2.24) is 4.98 Å². The third kappa shape index (κ3) is 4.05. The highest BCUT2D eigenvalue weighted by molar-refractivity contribution is 9.10. The van der Waals surface area contributed by atoms with Gasteiger partial charge in [0.05, 0.1) is 7.11 Å². The highest BCUT2D eigenvalue weighted by Crippen LogP contribution is 2.22. The van der Waals surface area contributed by atoms with E-state index in [1.54, 1.807) is 7.11 Å². The molecule has 2 rings (SSSR count). The van der Waals surface area contributed by atoms with Gasteiger partial charge in [-0.25, -0.2) is 0 Å². The van der Waals surface area contributed by atoms with Crippen molar-refractivity contribution >= 4 is 15.9 Å². The first-order valence-electron chi connectivity index (χ1n) is 6.65. The number of aromatic nitrogens is 1. The van der Waals surface area contributed by atoms with Crippen LogP contribution in [-0.4, -0.2) is 18.6 Å². The SMILES string of the molecule is COc1ccccc1CC(CN)Cc1ccc(Br)cn1. The second-order valence-electron chi connectivity index (χ2n) is 4.79. The molecule has 1 unspecified atom stereocenters. The lowest BCUT2D eigenvalue weighted by Gasteiger charge is -2.16. The van der Waals surface area contributed by atoms with E-state index in [2.05, 4.69) is 27.0 Å². The number of para-hydroxylation sites is 1. The molecule has 0 aliphatic carbocycles. The first-order valence-corrected chi connectivity index (χ1v) is 7.44. The fraction of sp³-hybridized carbons (Fsp3) is 0.312. The van der Waals surface area contributed by atoms with Crippen molar-refractivity contribution in [3.63, 3.8) is 0 Å². The summed E-state index contributed by atoms with van der Waals surface area (Å²) < 4.78 is 6.39. The normalized spacial score (nSPS) is 12.2. The van der Waals surface area contributed by atoms with Crippen molar-refractivity contribution in [2.45, 2.75) is 12.8 Å². The first kappa shape index (κ1) is 15.0. The lowest BCUT2D eigenvalue weighted by atomic mass is 9.94. The zero-order chi connectivity index (χ0) is 14.4. The minimum Gasteiger partial charge on any atom is -0.496 e. The van der Waals surface area contributed by atoms with Crippen LogP contribution in [0.2, 0.25) is 0 Å². The Morgan fingerprint density at radius 2 is 2.00 bits per heavy atom. The monoisotopic (exact) mass is 334 g/mol. The van der Waals surface area contributed by atoms with Gasteiger partial charge in [-0.1, -0.05) is 18.2 Å². The molecule has 2 aromatic rings. The predicted molar refractivity (Wildman–Crippen MR) is 84.9 cm³/mol. The van der Waals surface area contributed by atoms with E-state index >= 15 is 0 Å². The van der Waals surface area contributed by atoms with Crippen molar-refractivity contribution < 1.29 is 4.74 Å². The number of methoxy groups -OCH3 is 1. The third-order valence-corrected chi connectivity index (χ3v) is 3.79. The van der Waals surface area contributed by atoms with E-state index in [0.29, 0.717) is 12.5 Å². The van der Waals surface area contributed by atoms with E-state index in [1.807, 2.05) is 36.5 Å². The van der Waals surface area contributed by atoms with E-state index in [1.165, 1.54) is 5.56 Å². The van der Waals surface area contributed by atoms with Crippen LogP contribution in [-0.2, 0) is 12.8 Å². The summed E-state index contributed by atoms with van der Waals surface area (Å²) in [6.45, 7) is 0.635. The molecule has 1 aromatic carbocycles. The minimum atomic E-state index is 0.361. The molecular formula is C16H19BrN2O. The van der Waals surface area contributed by atoms with Crippen LogP contribution in [0.3, 0.4) is 0 Å².